The number of rotatable bonds is 3. The summed E-state index contributed by atoms with van der Waals surface area (Å²) in [6, 6.07) is -0.980. The van der Waals surface area contributed by atoms with Crippen LogP contribution in [0.5, 0.6) is 0 Å². The molecular weight excluding hydrogens is 273 g/mol. The predicted octanol–water partition coefficient (Wildman–Crippen LogP) is 1.34. The van der Waals surface area contributed by atoms with Crippen LogP contribution >= 0.6 is 11.8 Å². The number of nitrogens with zero attached hydrogens (tertiary/aromatic N) is 1. The van der Waals surface area contributed by atoms with Gasteiger partial charge in [-0.25, -0.2) is 4.79 Å². The van der Waals surface area contributed by atoms with Gasteiger partial charge in [-0.3, -0.25) is 19.8 Å². The number of hydrogen-bond donors (Lipinski definition) is 1. The van der Waals surface area contributed by atoms with Gasteiger partial charge in [-0.05, 0) is 25.6 Å². The predicted molar refractivity (Wildman–Crippen MR) is 57.5 cm³/mol. The van der Waals surface area contributed by atoms with Gasteiger partial charge in [0.1, 0.15) is 5.41 Å². The maximum Gasteiger partial charge on any atom is 0.441 e. The van der Waals surface area contributed by atoms with Crippen molar-refractivity contribution in [2.45, 2.75) is 19.4 Å². The molecule has 0 spiro atoms. The molecule has 18 heavy (non-hydrogen) atoms. The summed E-state index contributed by atoms with van der Waals surface area (Å²) in [5.41, 5.74) is -5.86. The molecule has 1 N–H and O–H groups in total. The number of alkyl halides is 3. The van der Waals surface area contributed by atoms with Crippen LogP contribution in [0.25, 0.3) is 0 Å². The molecule has 0 saturated carbocycles. The minimum absolute atomic E-state index is 0.327. The Morgan fingerprint density at radius 2 is 1.83 bits per heavy atom. The summed E-state index contributed by atoms with van der Waals surface area (Å²) in [7, 11) is 0. The molecule has 0 bridgehead atoms. The molecule has 0 radical (unpaired) electrons. The minimum atomic E-state index is -4.42. The maximum atomic E-state index is 11.9. The van der Waals surface area contributed by atoms with E-state index in [9.17, 15) is 27.6 Å². The van der Waals surface area contributed by atoms with Gasteiger partial charge >= 0.3 is 11.5 Å². The van der Waals surface area contributed by atoms with Crippen LogP contribution in [0.3, 0.4) is 0 Å². The van der Waals surface area contributed by atoms with Crippen LogP contribution < -0.4 is 5.32 Å². The molecule has 1 heterocycles. The van der Waals surface area contributed by atoms with Gasteiger partial charge < -0.3 is 0 Å². The van der Waals surface area contributed by atoms with Gasteiger partial charge in [-0.15, -0.1) is 0 Å². The minimum Gasteiger partial charge on any atom is -0.277 e. The van der Waals surface area contributed by atoms with Crippen LogP contribution in [-0.2, 0) is 9.59 Å². The summed E-state index contributed by atoms with van der Waals surface area (Å²) >= 11 is -0.327. The largest absolute Gasteiger partial charge is 0.441 e. The van der Waals surface area contributed by atoms with Crippen molar-refractivity contribution in [2.24, 2.45) is 5.41 Å². The van der Waals surface area contributed by atoms with Crippen LogP contribution in [0, 0.1) is 5.41 Å². The summed E-state index contributed by atoms with van der Waals surface area (Å²) in [6.07, 6.45) is 0. The number of halogens is 3. The van der Waals surface area contributed by atoms with E-state index in [1.54, 1.807) is 0 Å². The number of nitrogens with one attached hydrogen (secondary N) is 1. The number of carbonyl (C=O) groups excluding carboxylic acids is 3. The number of thioether (sulfide) groups is 1. The third kappa shape index (κ3) is 3.15. The second-order valence-electron chi connectivity index (χ2n) is 4.14. The lowest BCUT2D eigenvalue weighted by Gasteiger charge is -2.34. The highest BCUT2D eigenvalue weighted by Crippen LogP contribution is 2.30. The molecule has 4 amide bonds. The van der Waals surface area contributed by atoms with E-state index >= 15 is 0 Å². The second kappa shape index (κ2) is 4.79. The first-order chi connectivity index (χ1) is 8.05. The summed E-state index contributed by atoms with van der Waals surface area (Å²) < 4.78 is 35.8. The average Bonchev–Trinajstić information content (AvgIpc) is 2.19. The average molecular weight is 284 g/mol. The SMILES string of the molecule is CC1(C)C(=O)NC(=O)N(CCSC(F)(F)F)C1=O. The lowest BCUT2D eigenvalue weighted by atomic mass is 9.89. The van der Waals surface area contributed by atoms with Crippen molar-refractivity contribution in [2.75, 3.05) is 12.3 Å². The fourth-order valence-electron chi connectivity index (χ4n) is 1.30. The van der Waals surface area contributed by atoms with Crippen molar-refractivity contribution in [1.29, 1.82) is 0 Å². The fourth-order valence-corrected chi connectivity index (χ4v) is 1.81. The number of urea groups is 1. The molecule has 0 aliphatic carbocycles. The number of carbonyl (C=O) groups is 3. The van der Waals surface area contributed by atoms with Crippen LogP contribution in [-0.4, -0.2) is 40.6 Å². The first kappa shape index (κ1) is 14.8. The number of barbiturate groups is 1. The topological polar surface area (TPSA) is 66.5 Å². The molecule has 1 aliphatic rings. The fraction of sp³-hybridized carbons (Fsp3) is 0.667. The molecule has 1 aliphatic heterocycles. The lowest BCUT2D eigenvalue weighted by Crippen LogP contribution is -2.62. The normalized spacial score (nSPS) is 20.1. The van der Waals surface area contributed by atoms with Crippen molar-refractivity contribution in [3.05, 3.63) is 0 Å². The molecule has 0 aromatic rings. The van der Waals surface area contributed by atoms with Gasteiger partial charge in [0.05, 0.1) is 0 Å². The molecule has 1 fully saturated rings. The Hall–Kier alpha value is -1.25. The molecule has 1 saturated heterocycles. The van der Waals surface area contributed by atoms with Crippen LogP contribution in [0.15, 0.2) is 0 Å². The third-order valence-corrected chi connectivity index (χ3v) is 3.11. The highest BCUT2D eigenvalue weighted by atomic mass is 32.2. The number of imide groups is 2. The first-order valence-corrected chi connectivity index (χ1v) is 5.92. The van der Waals surface area contributed by atoms with E-state index in [0.29, 0.717) is 4.90 Å². The molecule has 0 atom stereocenters. The monoisotopic (exact) mass is 284 g/mol. The molecule has 0 aromatic carbocycles. The Balaban J connectivity index is 2.68. The molecule has 1 rings (SSSR count). The molecular formula is C9H11F3N2O3S. The van der Waals surface area contributed by atoms with Gasteiger partial charge in [-0.1, -0.05) is 0 Å². The zero-order valence-electron chi connectivity index (χ0n) is 9.63. The molecule has 0 aromatic heterocycles. The van der Waals surface area contributed by atoms with E-state index in [-0.39, 0.29) is 11.8 Å². The lowest BCUT2D eigenvalue weighted by molar-refractivity contribution is -0.148. The smallest absolute Gasteiger partial charge is 0.277 e. The zero-order chi connectivity index (χ0) is 14.1. The Morgan fingerprint density at radius 1 is 1.28 bits per heavy atom. The van der Waals surface area contributed by atoms with Gasteiger partial charge in [0.25, 0.3) is 0 Å². The molecule has 0 unspecified atom stereocenters. The molecule has 5 nitrogen and oxygen atoms in total. The van der Waals surface area contributed by atoms with Gasteiger partial charge in [0.2, 0.25) is 11.8 Å². The summed E-state index contributed by atoms with van der Waals surface area (Å²) in [5, 5.41) is 1.93. The molecule has 102 valence electrons. The van der Waals surface area contributed by atoms with Gasteiger partial charge in [0.15, 0.2) is 0 Å². The van der Waals surface area contributed by atoms with E-state index in [0.717, 1.165) is 0 Å². The van der Waals surface area contributed by atoms with Crippen molar-refractivity contribution < 1.29 is 27.6 Å². The Kier molecular flexibility index (Phi) is 3.94. The van der Waals surface area contributed by atoms with Crippen molar-refractivity contribution in [3.63, 3.8) is 0 Å². The third-order valence-electron chi connectivity index (χ3n) is 2.39. The Morgan fingerprint density at radius 3 is 2.33 bits per heavy atom. The quantitative estimate of drug-likeness (QED) is 0.794. The van der Waals surface area contributed by atoms with Gasteiger partial charge in [-0.2, -0.15) is 13.2 Å². The maximum absolute atomic E-state index is 11.9. The highest BCUT2D eigenvalue weighted by molar-refractivity contribution is 8.00. The van der Waals surface area contributed by atoms with E-state index < -0.39 is 41.1 Å². The van der Waals surface area contributed by atoms with Crippen molar-refractivity contribution >= 4 is 29.6 Å². The van der Waals surface area contributed by atoms with E-state index in [4.69, 9.17) is 0 Å². The van der Waals surface area contributed by atoms with Crippen LogP contribution in [0.2, 0.25) is 0 Å². The second-order valence-corrected chi connectivity index (χ2v) is 5.30. The van der Waals surface area contributed by atoms with Gasteiger partial charge in [0, 0.05) is 12.3 Å². The Bertz CT molecular complexity index is 395. The van der Waals surface area contributed by atoms with Crippen LogP contribution in [0.4, 0.5) is 18.0 Å². The van der Waals surface area contributed by atoms with Crippen molar-refractivity contribution in [3.8, 4) is 0 Å². The standard InChI is InChI=1S/C9H11F3N2O3S/c1-8(2)5(15)13-7(17)14(6(8)16)3-4-18-9(10,11)12/h3-4H2,1-2H3,(H,13,15,17). The first-order valence-electron chi connectivity index (χ1n) is 4.94. The summed E-state index contributed by atoms with van der Waals surface area (Å²) in [5.74, 6) is -2.01. The summed E-state index contributed by atoms with van der Waals surface area (Å²) in [6.45, 7) is 2.22. The zero-order valence-corrected chi connectivity index (χ0v) is 10.4. The number of amides is 4. The van der Waals surface area contributed by atoms with Crippen molar-refractivity contribution in [1.82, 2.24) is 10.2 Å². The highest BCUT2D eigenvalue weighted by Gasteiger charge is 2.46. The number of hydrogen-bond acceptors (Lipinski definition) is 4. The summed E-state index contributed by atoms with van der Waals surface area (Å²) in [4.78, 5) is 35.1. The van der Waals surface area contributed by atoms with Crippen LogP contribution in [0.1, 0.15) is 13.8 Å². The Labute approximate surface area is 105 Å². The van der Waals surface area contributed by atoms with E-state index in [2.05, 4.69) is 0 Å². The molecule has 9 heteroatoms. The van der Waals surface area contributed by atoms with E-state index in [1.165, 1.54) is 13.8 Å². The van der Waals surface area contributed by atoms with E-state index in [1.807, 2.05) is 5.32 Å².